The molecule has 0 spiro atoms. The van der Waals surface area contributed by atoms with Crippen LogP contribution in [0.25, 0.3) is 0 Å². The lowest BCUT2D eigenvalue weighted by Crippen LogP contribution is -2.10. The summed E-state index contributed by atoms with van der Waals surface area (Å²) in [7, 11) is 0. The summed E-state index contributed by atoms with van der Waals surface area (Å²) in [5.74, 6) is 0. The van der Waals surface area contributed by atoms with E-state index >= 15 is 0 Å². The highest BCUT2D eigenvalue weighted by atomic mass is 79.9. The van der Waals surface area contributed by atoms with Crippen LogP contribution in [0.3, 0.4) is 0 Å². The molecule has 84 valence electrons. The lowest BCUT2D eigenvalue weighted by atomic mass is 10.0. The minimum atomic E-state index is -0.0669. The number of rotatable bonds is 3. The van der Waals surface area contributed by atoms with Crippen molar-refractivity contribution in [2.75, 3.05) is 0 Å². The molecular weight excluding hydrogens is 284 g/mol. The maximum atomic E-state index is 6.20. The predicted molar refractivity (Wildman–Crippen MR) is 72.4 cm³/mol. The topological polar surface area (TPSA) is 52.0 Å². The lowest BCUT2D eigenvalue weighted by Gasteiger charge is -2.11. The molecule has 0 aliphatic carbocycles. The summed E-state index contributed by atoms with van der Waals surface area (Å²) in [4.78, 5) is 1.15. The molecular formula is C12H13BrN2S. The van der Waals surface area contributed by atoms with Crippen LogP contribution >= 0.6 is 27.3 Å². The van der Waals surface area contributed by atoms with E-state index in [2.05, 4.69) is 28.1 Å². The summed E-state index contributed by atoms with van der Waals surface area (Å²) >= 11 is 5.11. The molecule has 1 heterocycles. The van der Waals surface area contributed by atoms with Gasteiger partial charge in [-0.15, -0.1) is 11.3 Å². The van der Waals surface area contributed by atoms with Crippen LogP contribution in [0, 0.1) is 0 Å². The smallest absolute Gasteiger partial charge is 0.0702 e. The van der Waals surface area contributed by atoms with Crippen molar-refractivity contribution in [3.8, 4) is 0 Å². The maximum Gasteiger partial charge on any atom is 0.0702 e. The summed E-state index contributed by atoms with van der Waals surface area (Å²) in [6.07, 6.45) is 0. The van der Waals surface area contributed by atoms with Gasteiger partial charge in [-0.3, -0.25) is 0 Å². The van der Waals surface area contributed by atoms with Crippen molar-refractivity contribution in [1.29, 1.82) is 0 Å². The highest BCUT2D eigenvalue weighted by molar-refractivity contribution is 9.11. The number of thiophene rings is 1. The fourth-order valence-corrected chi connectivity index (χ4v) is 3.03. The van der Waals surface area contributed by atoms with Gasteiger partial charge in [-0.1, -0.05) is 24.3 Å². The van der Waals surface area contributed by atoms with E-state index in [0.29, 0.717) is 6.54 Å². The second-order valence-corrected chi connectivity index (χ2v) is 6.06. The van der Waals surface area contributed by atoms with Gasteiger partial charge < -0.3 is 11.5 Å². The van der Waals surface area contributed by atoms with Crippen molar-refractivity contribution in [2.45, 2.75) is 12.6 Å². The number of halogens is 1. The summed E-state index contributed by atoms with van der Waals surface area (Å²) in [6.45, 7) is 0.550. The Morgan fingerprint density at radius 1 is 1.25 bits per heavy atom. The Labute approximate surface area is 107 Å². The number of hydrogen-bond acceptors (Lipinski definition) is 3. The molecule has 4 heteroatoms. The number of nitrogens with two attached hydrogens (primary N) is 2. The largest absolute Gasteiger partial charge is 0.326 e. The van der Waals surface area contributed by atoms with E-state index in [-0.39, 0.29) is 6.04 Å². The Kier molecular flexibility index (Phi) is 3.76. The third kappa shape index (κ3) is 2.52. The van der Waals surface area contributed by atoms with Gasteiger partial charge in [0.1, 0.15) is 0 Å². The molecule has 1 unspecified atom stereocenters. The van der Waals surface area contributed by atoms with E-state index in [1.807, 2.05) is 24.3 Å². The van der Waals surface area contributed by atoms with Gasteiger partial charge in [0.25, 0.3) is 0 Å². The van der Waals surface area contributed by atoms with Crippen molar-refractivity contribution >= 4 is 27.3 Å². The van der Waals surface area contributed by atoms with E-state index in [9.17, 15) is 0 Å². The zero-order valence-electron chi connectivity index (χ0n) is 8.69. The van der Waals surface area contributed by atoms with Gasteiger partial charge in [0.15, 0.2) is 0 Å². The molecule has 0 aliphatic rings. The van der Waals surface area contributed by atoms with E-state index < -0.39 is 0 Å². The molecule has 0 radical (unpaired) electrons. The van der Waals surface area contributed by atoms with Crippen LogP contribution in [-0.4, -0.2) is 0 Å². The molecule has 0 saturated heterocycles. The van der Waals surface area contributed by atoms with Crippen LogP contribution < -0.4 is 11.5 Å². The van der Waals surface area contributed by atoms with Crippen LogP contribution in [0.1, 0.15) is 22.0 Å². The van der Waals surface area contributed by atoms with Crippen LogP contribution in [0.2, 0.25) is 0 Å². The third-order valence-electron chi connectivity index (χ3n) is 2.45. The van der Waals surface area contributed by atoms with E-state index in [0.717, 1.165) is 19.8 Å². The van der Waals surface area contributed by atoms with Crippen molar-refractivity contribution in [3.63, 3.8) is 0 Å². The highest BCUT2D eigenvalue weighted by Crippen LogP contribution is 2.29. The Morgan fingerprint density at radius 2 is 2.06 bits per heavy atom. The molecule has 1 aromatic heterocycles. The van der Waals surface area contributed by atoms with E-state index in [1.165, 1.54) is 0 Å². The summed E-state index contributed by atoms with van der Waals surface area (Å²) in [5, 5.41) is 0. The van der Waals surface area contributed by atoms with E-state index in [4.69, 9.17) is 11.5 Å². The fourth-order valence-electron chi connectivity index (χ4n) is 1.57. The first-order valence-corrected chi connectivity index (χ1v) is 6.61. The lowest BCUT2D eigenvalue weighted by molar-refractivity contribution is 0.887. The molecule has 0 saturated carbocycles. The quantitative estimate of drug-likeness (QED) is 0.915. The van der Waals surface area contributed by atoms with Gasteiger partial charge in [-0.2, -0.15) is 0 Å². The molecule has 4 N–H and O–H groups in total. The van der Waals surface area contributed by atoms with Gasteiger partial charge in [-0.05, 0) is 39.2 Å². The van der Waals surface area contributed by atoms with Crippen molar-refractivity contribution in [1.82, 2.24) is 0 Å². The van der Waals surface area contributed by atoms with Gasteiger partial charge in [0.2, 0.25) is 0 Å². The molecule has 0 aliphatic heterocycles. The normalized spacial score (nSPS) is 12.7. The second kappa shape index (κ2) is 5.10. The molecule has 1 atom stereocenters. The molecule has 0 fully saturated rings. The first-order chi connectivity index (χ1) is 7.70. The SMILES string of the molecule is NCc1cccc(C(N)c2ccc(Br)s2)c1. The van der Waals surface area contributed by atoms with Crippen LogP contribution in [-0.2, 0) is 6.54 Å². The number of hydrogen-bond donors (Lipinski definition) is 2. The van der Waals surface area contributed by atoms with Gasteiger partial charge in [0, 0.05) is 11.4 Å². The minimum absolute atomic E-state index is 0.0669. The van der Waals surface area contributed by atoms with Gasteiger partial charge >= 0.3 is 0 Å². The van der Waals surface area contributed by atoms with Crippen molar-refractivity contribution in [2.24, 2.45) is 11.5 Å². The second-order valence-electron chi connectivity index (χ2n) is 3.57. The molecule has 16 heavy (non-hydrogen) atoms. The Morgan fingerprint density at radius 3 is 2.69 bits per heavy atom. The van der Waals surface area contributed by atoms with Gasteiger partial charge in [0.05, 0.1) is 9.83 Å². The Bertz CT molecular complexity index is 481. The third-order valence-corrected chi connectivity index (χ3v) is 4.15. The summed E-state index contributed by atoms with van der Waals surface area (Å²) in [6, 6.07) is 12.1. The average molecular weight is 297 g/mol. The fraction of sp³-hybridized carbons (Fsp3) is 0.167. The van der Waals surface area contributed by atoms with Crippen LogP contribution in [0.15, 0.2) is 40.2 Å². The molecule has 1 aromatic carbocycles. The van der Waals surface area contributed by atoms with E-state index in [1.54, 1.807) is 11.3 Å². The van der Waals surface area contributed by atoms with Crippen LogP contribution in [0.5, 0.6) is 0 Å². The predicted octanol–water partition coefficient (Wildman–Crippen LogP) is 3.02. The summed E-state index contributed by atoms with van der Waals surface area (Å²) in [5.41, 5.74) is 14.0. The molecule has 0 amide bonds. The standard InChI is InChI=1S/C12H13BrN2S/c13-11-5-4-10(16-11)12(15)9-3-1-2-8(6-9)7-14/h1-6,12H,7,14-15H2. The monoisotopic (exact) mass is 296 g/mol. The molecule has 2 rings (SSSR count). The first-order valence-electron chi connectivity index (χ1n) is 5.00. The molecule has 0 bridgehead atoms. The number of benzene rings is 1. The Balaban J connectivity index is 2.29. The maximum absolute atomic E-state index is 6.20. The van der Waals surface area contributed by atoms with Crippen LogP contribution in [0.4, 0.5) is 0 Å². The average Bonchev–Trinajstić information content (AvgIpc) is 2.75. The van der Waals surface area contributed by atoms with Crippen molar-refractivity contribution in [3.05, 3.63) is 56.2 Å². The van der Waals surface area contributed by atoms with Crippen molar-refractivity contribution < 1.29 is 0 Å². The zero-order valence-corrected chi connectivity index (χ0v) is 11.1. The first kappa shape index (κ1) is 11.8. The zero-order chi connectivity index (χ0) is 11.5. The molecule has 2 aromatic rings. The van der Waals surface area contributed by atoms with Gasteiger partial charge in [-0.25, -0.2) is 0 Å². The molecule has 2 nitrogen and oxygen atoms in total. The highest BCUT2D eigenvalue weighted by Gasteiger charge is 2.11. The minimum Gasteiger partial charge on any atom is -0.326 e. The summed E-state index contributed by atoms with van der Waals surface area (Å²) < 4.78 is 1.10. The Hall–Kier alpha value is -0.680.